The first-order chi connectivity index (χ1) is 14.4. The molecule has 0 bridgehead atoms. The number of aromatic nitrogens is 1. The Morgan fingerprint density at radius 3 is 2.52 bits per heavy atom. The third-order valence-electron chi connectivity index (χ3n) is 4.79. The summed E-state index contributed by atoms with van der Waals surface area (Å²) in [4.78, 5) is 62.1. The lowest BCUT2D eigenvalue weighted by molar-refractivity contribution is -0.284. The molecule has 1 aliphatic rings. The van der Waals surface area contributed by atoms with Crippen molar-refractivity contribution in [3.63, 3.8) is 0 Å². The van der Waals surface area contributed by atoms with Crippen molar-refractivity contribution in [3.8, 4) is 0 Å². The first-order valence-electron chi connectivity index (χ1n) is 9.23. The zero-order chi connectivity index (χ0) is 23.5. The van der Waals surface area contributed by atoms with Crippen LogP contribution in [0.1, 0.15) is 39.8 Å². The Balaban J connectivity index is 2.19. The largest absolute Gasteiger partial charge is 0.478 e. The minimum Gasteiger partial charge on any atom is -0.478 e. The predicted molar refractivity (Wildman–Crippen MR) is 108 cm³/mol. The number of carbonyl (C=O) groups excluding carboxylic acids is 3. The van der Waals surface area contributed by atoms with E-state index in [1.807, 2.05) is 0 Å². The number of carboxylic acids is 1. The van der Waals surface area contributed by atoms with Gasteiger partial charge in [0.1, 0.15) is 5.69 Å². The number of aliphatic carboxylic acids is 1. The van der Waals surface area contributed by atoms with Crippen LogP contribution in [0.4, 0.5) is 5.13 Å². The summed E-state index contributed by atoms with van der Waals surface area (Å²) in [5, 5.41) is 24.4. The van der Waals surface area contributed by atoms with Crippen molar-refractivity contribution in [3.05, 3.63) is 11.1 Å². The van der Waals surface area contributed by atoms with Gasteiger partial charge in [0.2, 0.25) is 6.10 Å². The van der Waals surface area contributed by atoms with E-state index in [1.165, 1.54) is 19.2 Å². The molecule has 0 aromatic carbocycles. The van der Waals surface area contributed by atoms with Crippen LogP contribution in [0.25, 0.3) is 0 Å². The van der Waals surface area contributed by atoms with Crippen molar-refractivity contribution in [2.75, 3.05) is 12.3 Å². The number of nitrogen functional groups attached to an aromatic ring is 1. The molecule has 1 aliphatic heterocycles. The Labute approximate surface area is 181 Å². The van der Waals surface area contributed by atoms with Gasteiger partial charge in [0.05, 0.1) is 18.1 Å². The summed E-state index contributed by atoms with van der Waals surface area (Å²) in [6.45, 7) is 5.15. The van der Waals surface area contributed by atoms with E-state index in [4.69, 9.17) is 20.5 Å². The van der Waals surface area contributed by atoms with Crippen molar-refractivity contribution >= 4 is 45.6 Å². The van der Waals surface area contributed by atoms with Gasteiger partial charge in [0, 0.05) is 11.8 Å². The van der Waals surface area contributed by atoms with Crippen LogP contribution in [0.3, 0.4) is 0 Å². The maximum atomic E-state index is 12.9. The molecule has 1 saturated heterocycles. The monoisotopic (exact) mass is 456 g/mol. The number of oxime groups is 1. The molecule has 2 heterocycles. The van der Waals surface area contributed by atoms with E-state index in [9.17, 15) is 24.3 Å². The van der Waals surface area contributed by atoms with E-state index in [-0.39, 0.29) is 23.0 Å². The highest BCUT2D eigenvalue weighted by Crippen LogP contribution is 2.40. The standard InChI is InChI=1S/C18H24N4O8S/c1-8(24)13(6-23)30-22-15(26)10(18(22,3)4)5-12(25)14(11-7-31-17(19)20-11)21-29-9(2)16(27)28/h7,9-10,13,23H,5-6H2,1-4H3,(H2,19,20)(H,27,28)/b21-14-/t9?,10-,13?/m1/s1. The number of rotatable bonds is 11. The Morgan fingerprint density at radius 2 is 2.06 bits per heavy atom. The second-order valence-corrected chi connectivity index (χ2v) is 8.34. The number of hydroxylamine groups is 2. The molecule has 170 valence electrons. The predicted octanol–water partition coefficient (Wildman–Crippen LogP) is -0.00320. The highest BCUT2D eigenvalue weighted by atomic mass is 32.1. The summed E-state index contributed by atoms with van der Waals surface area (Å²) in [7, 11) is 0. The number of aliphatic hydroxyl groups excluding tert-OH is 1. The Bertz CT molecular complexity index is 912. The van der Waals surface area contributed by atoms with Crippen molar-refractivity contribution in [2.24, 2.45) is 11.1 Å². The number of hydrogen-bond donors (Lipinski definition) is 3. The van der Waals surface area contributed by atoms with Gasteiger partial charge >= 0.3 is 5.97 Å². The van der Waals surface area contributed by atoms with Crippen LogP contribution in [-0.4, -0.2) is 73.8 Å². The molecule has 3 atom stereocenters. The third kappa shape index (κ3) is 5.24. The summed E-state index contributed by atoms with van der Waals surface area (Å²) in [5.74, 6) is -3.70. The fourth-order valence-corrected chi connectivity index (χ4v) is 3.33. The lowest BCUT2D eigenvalue weighted by atomic mass is 9.74. The molecule has 1 aromatic rings. The SMILES string of the molecule is CC(=O)C(CO)ON1C(=O)[C@@H](CC(=O)/C(=N\OC(C)C(=O)O)c2csc(N)n2)C1(C)C. The maximum Gasteiger partial charge on any atom is 0.347 e. The molecular formula is C18H24N4O8S. The molecular weight excluding hydrogens is 432 g/mol. The number of β-lactam (4-membered cyclic amide) rings is 1. The van der Waals surface area contributed by atoms with Crippen LogP contribution >= 0.6 is 11.3 Å². The molecule has 0 saturated carbocycles. The number of thiazole rings is 1. The third-order valence-corrected chi connectivity index (χ3v) is 5.47. The first kappa shape index (κ1) is 24.4. The molecule has 0 radical (unpaired) electrons. The van der Waals surface area contributed by atoms with Crippen molar-refractivity contribution in [2.45, 2.75) is 51.9 Å². The van der Waals surface area contributed by atoms with Gasteiger partial charge in [0.25, 0.3) is 5.91 Å². The first-order valence-corrected chi connectivity index (χ1v) is 10.1. The second kappa shape index (κ2) is 9.49. The van der Waals surface area contributed by atoms with Crippen LogP contribution in [0.5, 0.6) is 0 Å². The fraction of sp³-hybridized carbons (Fsp3) is 0.556. The summed E-state index contributed by atoms with van der Waals surface area (Å²) >= 11 is 1.05. The number of nitrogens with zero attached hydrogens (tertiary/aromatic N) is 3. The van der Waals surface area contributed by atoms with E-state index in [0.717, 1.165) is 16.4 Å². The molecule has 2 unspecified atom stereocenters. The van der Waals surface area contributed by atoms with Crippen LogP contribution in [0.15, 0.2) is 10.5 Å². The van der Waals surface area contributed by atoms with Gasteiger partial charge in [-0.2, -0.15) is 0 Å². The van der Waals surface area contributed by atoms with E-state index in [1.54, 1.807) is 13.8 Å². The number of ketones is 2. The van der Waals surface area contributed by atoms with Crippen molar-refractivity contribution in [1.82, 2.24) is 10.0 Å². The van der Waals surface area contributed by atoms with Gasteiger partial charge in [-0.15, -0.1) is 11.3 Å². The number of carboxylic acid groups (broad SMARTS) is 1. The Kier molecular flexibility index (Phi) is 7.46. The Morgan fingerprint density at radius 1 is 1.42 bits per heavy atom. The van der Waals surface area contributed by atoms with Crippen LogP contribution in [0, 0.1) is 5.92 Å². The summed E-state index contributed by atoms with van der Waals surface area (Å²) < 4.78 is 0. The number of amides is 1. The number of carbonyl (C=O) groups is 4. The van der Waals surface area contributed by atoms with E-state index in [2.05, 4.69) is 10.1 Å². The molecule has 31 heavy (non-hydrogen) atoms. The summed E-state index contributed by atoms with van der Waals surface area (Å²) in [6, 6.07) is 0. The number of hydrogen-bond acceptors (Lipinski definition) is 11. The number of aliphatic hydroxyl groups is 1. The molecule has 1 amide bonds. The molecule has 13 heteroatoms. The average Bonchev–Trinajstić information content (AvgIpc) is 3.11. The molecule has 4 N–H and O–H groups in total. The zero-order valence-corrected chi connectivity index (χ0v) is 18.2. The summed E-state index contributed by atoms with van der Waals surface area (Å²) in [5.41, 5.74) is 4.48. The average molecular weight is 456 g/mol. The van der Waals surface area contributed by atoms with Gasteiger partial charge < -0.3 is 20.8 Å². The lowest BCUT2D eigenvalue weighted by Gasteiger charge is -2.52. The topological polar surface area (TPSA) is 182 Å². The fourth-order valence-electron chi connectivity index (χ4n) is 2.79. The van der Waals surface area contributed by atoms with E-state index >= 15 is 0 Å². The molecule has 2 rings (SSSR count). The van der Waals surface area contributed by atoms with Gasteiger partial charge in [-0.05, 0) is 27.7 Å². The quantitative estimate of drug-likeness (QED) is 0.233. The number of Topliss-reactive ketones (excluding diaryl/α,β-unsaturated/α-hetero) is 2. The number of nitrogens with two attached hydrogens (primary N) is 1. The highest BCUT2D eigenvalue weighted by molar-refractivity contribution is 7.13. The van der Waals surface area contributed by atoms with Gasteiger partial charge in [0.15, 0.2) is 28.5 Å². The molecule has 0 spiro atoms. The number of anilines is 1. The molecule has 1 aromatic heterocycles. The molecule has 1 fully saturated rings. The Hall–Kier alpha value is -2.90. The van der Waals surface area contributed by atoms with Crippen molar-refractivity contribution in [1.29, 1.82) is 0 Å². The smallest absolute Gasteiger partial charge is 0.347 e. The van der Waals surface area contributed by atoms with E-state index < -0.39 is 53.7 Å². The molecule has 12 nitrogen and oxygen atoms in total. The van der Waals surface area contributed by atoms with Crippen LogP contribution in [0.2, 0.25) is 0 Å². The molecule has 0 aliphatic carbocycles. The lowest BCUT2D eigenvalue weighted by Crippen LogP contribution is -2.69. The maximum absolute atomic E-state index is 12.9. The van der Waals surface area contributed by atoms with Gasteiger partial charge in [-0.3, -0.25) is 19.2 Å². The minimum absolute atomic E-state index is 0.0969. The highest BCUT2D eigenvalue weighted by Gasteiger charge is 2.57. The minimum atomic E-state index is -1.31. The van der Waals surface area contributed by atoms with Gasteiger partial charge in [-0.1, -0.05) is 5.16 Å². The van der Waals surface area contributed by atoms with Crippen LogP contribution < -0.4 is 5.73 Å². The second-order valence-electron chi connectivity index (χ2n) is 7.45. The van der Waals surface area contributed by atoms with Crippen molar-refractivity contribution < 1.29 is 39.1 Å². The normalized spacial score (nSPS) is 20.0. The van der Waals surface area contributed by atoms with Gasteiger partial charge in [-0.25, -0.2) is 14.8 Å². The van der Waals surface area contributed by atoms with Crippen LogP contribution in [-0.2, 0) is 28.9 Å². The summed E-state index contributed by atoms with van der Waals surface area (Å²) in [6.07, 6.45) is -2.80. The van der Waals surface area contributed by atoms with E-state index in [0.29, 0.717) is 0 Å². The zero-order valence-electron chi connectivity index (χ0n) is 17.4.